The number of amides is 1. The van der Waals surface area contributed by atoms with Crippen LogP contribution in [0.15, 0.2) is 53.4 Å². The molecule has 4 nitrogen and oxygen atoms in total. The number of rotatable bonds is 5. The van der Waals surface area contributed by atoms with E-state index in [1.54, 1.807) is 11.8 Å². The Hall–Kier alpha value is -2.45. The van der Waals surface area contributed by atoms with E-state index in [1.165, 1.54) is 11.3 Å². The average molecular weight is 380 g/mol. The maximum atomic E-state index is 12.6. The number of thioether (sulfide) groups is 1. The van der Waals surface area contributed by atoms with Gasteiger partial charge in [-0.2, -0.15) is 5.26 Å². The standard InChI is InChI=1S/C22H25N3OS/c1-18-3-7-20(8-4-18)24-12-2-13-25(15-14-24)22(26)11-16-27-21-9-5-19(17-23)6-10-21/h3-10H,2,11-16H2,1H3. The summed E-state index contributed by atoms with van der Waals surface area (Å²) in [5.74, 6) is 1.00. The Kier molecular flexibility index (Phi) is 6.78. The summed E-state index contributed by atoms with van der Waals surface area (Å²) in [6.45, 7) is 5.60. The van der Waals surface area contributed by atoms with Gasteiger partial charge in [-0.3, -0.25) is 4.79 Å². The molecule has 0 unspecified atom stereocenters. The SMILES string of the molecule is Cc1ccc(N2CCCN(C(=O)CCSc3ccc(C#N)cc3)CC2)cc1. The number of carbonyl (C=O) groups excluding carboxylic acids is 1. The number of hydrogen-bond acceptors (Lipinski definition) is 4. The van der Waals surface area contributed by atoms with Gasteiger partial charge in [0.1, 0.15) is 0 Å². The maximum absolute atomic E-state index is 12.6. The van der Waals surface area contributed by atoms with Gasteiger partial charge in [0.15, 0.2) is 0 Å². The number of benzene rings is 2. The summed E-state index contributed by atoms with van der Waals surface area (Å²) in [4.78, 5) is 18.1. The molecule has 27 heavy (non-hydrogen) atoms. The number of carbonyl (C=O) groups is 1. The predicted molar refractivity (Wildman–Crippen MR) is 111 cm³/mol. The Morgan fingerprint density at radius 1 is 1.04 bits per heavy atom. The predicted octanol–water partition coefficient (Wildman–Crippen LogP) is 4.09. The number of hydrogen-bond donors (Lipinski definition) is 0. The first-order chi connectivity index (χ1) is 13.2. The highest BCUT2D eigenvalue weighted by Crippen LogP contribution is 2.21. The summed E-state index contributed by atoms with van der Waals surface area (Å²) in [6.07, 6.45) is 1.55. The van der Waals surface area contributed by atoms with Gasteiger partial charge in [0.05, 0.1) is 11.6 Å². The average Bonchev–Trinajstić information content (AvgIpc) is 2.95. The van der Waals surface area contributed by atoms with E-state index in [0.717, 1.165) is 43.2 Å². The summed E-state index contributed by atoms with van der Waals surface area (Å²) >= 11 is 1.67. The number of anilines is 1. The first-order valence-electron chi connectivity index (χ1n) is 9.38. The van der Waals surface area contributed by atoms with Crippen molar-refractivity contribution >= 4 is 23.4 Å². The van der Waals surface area contributed by atoms with E-state index >= 15 is 0 Å². The van der Waals surface area contributed by atoms with Crippen molar-refractivity contribution < 1.29 is 4.79 Å². The van der Waals surface area contributed by atoms with E-state index in [-0.39, 0.29) is 5.91 Å². The van der Waals surface area contributed by atoms with Crippen LogP contribution in [0.25, 0.3) is 0 Å². The fraction of sp³-hybridized carbons (Fsp3) is 0.364. The second-order valence-electron chi connectivity index (χ2n) is 6.79. The van der Waals surface area contributed by atoms with Crippen molar-refractivity contribution in [1.29, 1.82) is 5.26 Å². The molecular weight excluding hydrogens is 354 g/mol. The third-order valence-corrected chi connectivity index (χ3v) is 5.83. The van der Waals surface area contributed by atoms with Gasteiger partial charge >= 0.3 is 0 Å². The molecule has 0 atom stereocenters. The topological polar surface area (TPSA) is 47.3 Å². The lowest BCUT2D eigenvalue weighted by molar-refractivity contribution is -0.130. The summed E-state index contributed by atoms with van der Waals surface area (Å²) in [6, 6.07) is 18.3. The number of aryl methyl sites for hydroxylation is 1. The summed E-state index contributed by atoms with van der Waals surface area (Å²) in [7, 11) is 0. The van der Waals surface area contributed by atoms with Crippen molar-refractivity contribution in [2.24, 2.45) is 0 Å². The summed E-state index contributed by atoms with van der Waals surface area (Å²) in [5, 5.41) is 8.84. The lowest BCUT2D eigenvalue weighted by Crippen LogP contribution is -2.35. The zero-order valence-electron chi connectivity index (χ0n) is 15.7. The van der Waals surface area contributed by atoms with Crippen molar-refractivity contribution in [3.8, 4) is 6.07 Å². The Bertz CT molecular complexity index is 796. The van der Waals surface area contributed by atoms with Crippen molar-refractivity contribution in [1.82, 2.24) is 4.90 Å². The second kappa shape index (κ2) is 9.48. The van der Waals surface area contributed by atoms with Gasteiger partial charge in [-0.15, -0.1) is 11.8 Å². The largest absolute Gasteiger partial charge is 0.370 e. The second-order valence-corrected chi connectivity index (χ2v) is 7.96. The Morgan fingerprint density at radius 3 is 2.48 bits per heavy atom. The molecule has 1 heterocycles. The highest BCUT2D eigenvalue weighted by atomic mass is 32.2. The Balaban J connectivity index is 1.46. The molecule has 1 aliphatic heterocycles. The number of nitrogens with zero attached hydrogens (tertiary/aromatic N) is 3. The molecule has 1 amide bonds. The fourth-order valence-electron chi connectivity index (χ4n) is 3.22. The smallest absolute Gasteiger partial charge is 0.223 e. The third-order valence-electron chi connectivity index (χ3n) is 4.82. The normalized spacial score (nSPS) is 14.5. The van der Waals surface area contributed by atoms with E-state index in [1.807, 2.05) is 29.2 Å². The van der Waals surface area contributed by atoms with Crippen LogP contribution in [0.5, 0.6) is 0 Å². The van der Waals surface area contributed by atoms with E-state index in [9.17, 15) is 4.79 Å². The molecule has 0 N–H and O–H groups in total. The molecule has 2 aromatic rings. The zero-order valence-corrected chi connectivity index (χ0v) is 16.5. The van der Waals surface area contributed by atoms with Crippen LogP contribution >= 0.6 is 11.8 Å². The van der Waals surface area contributed by atoms with E-state index in [0.29, 0.717) is 12.0 Å². The van der Waals surface area contributed by atoms with Gasteiger partial charge in [-0.05, 0) is 49.7 Å². The molecule has 0 aliphatic carbocycles. The van der Waals surface area contributed by atoms with E-state index in [4.69, 9.17) is 5.26 Å². The van der Waals surface area contributed by atoms with Crippen LogP contribution in [0.4, 0.5) is 5.69 Å². The van der Waals surface area contributed by atoms with E-state index < -0.39 is 0 Å². The first-order valence-corrected chi connectivity index (χ1v) is 10.4. The molecule has 0 aromatic heterocycles. The van der Waals surface area contributed by atoms with Gasteiger partial charge in [0, 0.05) is 48.9 Å². The Morgan fingerprint density at radius 2 is 1.78 bits per heavy atom. The molecule has 0 bridgehead atoms. The lowest BCUT2D eigenvalue weighted by atomic mass is 10.2. The summed E-state index contributed by atoms with van der Waals surface area (Å²) < 4.78 is 0. The molecule has 5 heteroatoms. The van der Waals surface area contributed by atoms with Gasteiger partial charge in [0.2, 0.25) is 5.91 Å². The lowest BCUT2D eigenvalue weighted by Gasteiger charge is -2.24. The first kappa shape index (κ1) is 19.3. The molecule has 0 saturated carbocycles. The highest BCUT2D eigenvalue weighted by molar-refractivity contribution is 7.99. The van der Waals surface area contributed by atoms with Gasteiger partial charge in [-0.25, -0.2) is 0 Å². The molecule has 0 spiro atoms. The van der Waals surface area contributed by atoms with Crippen LogP contribution < -0.4 is 4.90 Å². The van der Waals surface area contributed by atoms with Crippen LogP contribution in [-0.2, 0) is 4.79 Å². The maximum Gasteiger partial charge on any atom is 0.223 e. The molecule has 0 radical (unpaired) electrons. The highest BCUT2D eigenvalue weighted by Gasteiger charge is 2.19. The van der Waals surface area contributed by atoms with Crippen LogP contribution in [0.3, 0.4) is 0 Å². The van der Waals surface area contributed by atoms with Crippen LogP contribution in [0, 0.1) is 18.3 Å². The van der Waals surface area contributed by atoms with E-state index in [2.05, 4.69) is 42.2 Å². The molecular formula is C22H25N3OS. The molecule has 3 rings (SSSR count). The Labute approximate surface area is 165 Å². The third kappa shape index (κ3) is 5.51. The van der Waals surface area contributed by atoms with Crippen molar-refractivity contribution in [2.75, 3.05) is 36.8 Å². The molecule has 1 fully saturated rings. The van der Waals surface area contributed by atoms with Crippen molar-refractivity contribution in [3.05, 3.63) is 59.7 Å². The van der Waals surface area contributed by atoms with Gasteiger partial charge in [-0.1, -0.05) is 17.7 Å². The minimum absolute atomic E-state index is 0.238. The molecule has 2 aromatic carbocycles. The number of nitriles is 1. The van der Waals surface area contributed by atoms with Crippen molar-refractivity contribution in [3.63, 3.8) is 0 Å². The quantitative estimate of drug-likeness (QED) is 0.734. The monoisotopic (exact) mass is 379 g/mol. The summed E-state index contributed by atoms with van der Waals surface area (Å²) in [5.41, 5.74) is 3.18. The molecule has 1 saturated heterocycles. The molecule has 1 aliphatic rings. The van der Waals surface area contributed by atoms with Crippen molar-refractivity contribution in [2.45, 2.75) is 24.7 Å². The zero-order chi connectivity index (χ0) is 19.1. The van der Waals surface area contributed by atoms with Crippen LogP contribution in [0.2, 0.25) is 0 Å². The molecule has 140 valence electrons. The van der Waals surface area contributed by atoms with Crippen LogP contribution in [0.1, 0.15) is 24.0 Å². The minimum Gasteiger partial charge on any atom is -0.370 e. The van der Waals surface area contributed by atoms with Crippen LogP contribution in [-0.4, -0.2) is 42.7 Å². The van der Waals surface area contributed by atoms with Gasteiger partial charge < -0.3 is 9.80 Å². The van der Waals surface area contributed by atoms with Gasteiger partial charge in [0.25, 0.3) is 0 Å². The fourth-order valence-corrected chi connectivity index (χ4v) is 4.06. The minimum atomic E-state index is 0.238.